The van der Waals surface area contributed by atoms with Gasteiger partial charge in [0.05, 0.1) is 50.2 Å². The summed E-state index contributed by atoms with van der Waals surface area (Å²) in [6.07, 6.45) is 5.76. The largest absolute Gasteiger partial charge is 0.497 e. The van der Waals surface area contributed by atoms with Gasteiger partial charge in [-0.25, -0.2) is 4.98 Å². The van der Waals surface area contributed by atoms with E-state index in [1.54, 1.807) is 13.4 Å². The second-order valence-electron chi connectivity index (χ2n) is 16.2. The van der Waals surface area contributed by atoms with Crippen LogP contribution in [0.5, 0.6) is 5.75 Å². The summed E-state index contributed by atoms with van der Waals surface area (Å²) in [6.45, 7) is 25.0. The third-order valence-electron chi connectivity index (χ3n) is 10.2. The van der Waals surface area contributed by atoms with Crippen LogP contribution in [0.4, 0.5) is 0 Å². The maximum Gasteiger partial charge on any atom is 0.311 e. The van der Waals surface area contributed by atoms with Crippen LogP contribution in [0.1, 0.15) is 124 Å². The first-order valence-corrected chi connectivity index (χ1v) is 20.7. The number of ether oxygens (including phenoxy) is 5. The van der Waals surface area contributed by atoms with Crippen LogP contribution in [0.2, 0.25) is 16.6 Å². The van der Waals surface area contributed by atoms with Crippen molar-refractivity contribution in [2.45, 2.75) is 161 Å². The number of rotatable bonds is 16. The van der Waals surface area contributed by atoms with Crippen LogP contribution >= 0.6 is 0 Å². The average molecular weight is 714 g/mol. The second-order valence-corrected chi connectivity index (χ2v) is 21.6. The minimum atomic E-state index is -2.15. The minimum Gasteiger partial charge on any atom is -0.497 e. The van der Waals surface area contributed by atoms with Gasteiger partial charge in [0.25, 0.3) is 0 Å². The van der Waals surface area contributed by atoms with Crippen molar-refractivity contribution >= 4 is 14.3 Å². The monoisotopic (exact) mass is 713 g/mol. The molecule has 2 aliphatic heterocycles. The predicted molar refractivity (Wildman–Crippen MR) is 197 cm³/mol. The van der Waals surface area contributed by atoms with Crippen molar-refractivity contribution in [3.63, 3.8) is 0 Å². The number of nitrogens with zero attached hydrogens (tertiary/aromatic N) is 1. The van der Waals surface area contributed by atoms with Gasteiger partial charge in [-0.15, -0.1) is 0 Å². The van der Waals surface area contributed by atoms with Gasteiger partial charge < -0.3 is 32.5 Å². The highest BCUT2D eigenvalue weighted by atomic mass is 28.4. The Balaban J connectivity index is 1.45. The Bertz CT molecular complexity index is 1340. The van der Waals surface area contributed by atoms with E-state index in [1.165, 1.54) is 0 Å². The van der Waals surface area contributed by atoms with Gasteiger partial charge in [-0.05, 0) is 74.4 Å². The Morgan fingerprint density at radius 2 is 1.60 bits per heavy atom. The van der Waals surface area contributed by atoms with Crippen molar-refractivity contribution in [1.82, 2.24) is 4.98 Å². The van der Waals surface area contributed by atoms with E-state index in [1.807, 2.05) is 45.0 Å². The fourth-order valence-electron chi connectivity index (χ4n) is 7.82. The molecule has 9 nitrogen and oxygen atoms in total. The van der Waals surface area contributed by atoms with Gasteiger partial charge in [-0.1, -0.05) is 65.8 Å². The molecule has 280 valence electrons. The van der Waals surface area contributed by atoms with Gasteiger partial charge in [0.2, 0.25) is 14.2 Å². The molecule has 1 aromatic carbocycles. The van der Waals surface area contributed by atoms with Crippen LogP contribution in [0.25, 0.3) is 0 Å². The molecule has 2 fully saturated rings. The van der Waals surface area contributed by atoms with E-state index in [0.29, 0.717) is 42.1 Å². The number of benzene rings is 1. The maximum atomic E-state index is 12.3. The molecule has 0 bridgehead atoms. The molecule has 0 aliphatic carbocycles. The number of oxazole rings is 1. The summed E-state index contributed by atoms with van der Waals surface area (Å²) in [5.74, 6) is 1.14. The number of methoxy groups -OCH3 is 1. The van der Waals surface area contributed by atoms with E-state index in [2.05, 4.69) is 48.1 Å². The van der Waals surface area contributed by atoms with Gasteiger partial charge in [-0.3, -0.25) is 4.79 Å². The molecule has 0 spiro atoms. The number of carbonyl (C=O) groups excluding carboxylic acids is 1. The number of carbonyl (C=O) groups is 1. The van der Waals surface area contributed by atoms with Crippen LogP contribution in [-0.2, 0) is 41.4 Å². The summed E-state index contributed by atoms with van der Waals surface area (Å²) in [7, 11) is -0.496. The molecule has 2 aliphatic rings. The molecular formula is C40H63NO8Si. The van der Waals surface area contributed by atoms with E-state index >= 15 is 0 Å². The number of esters is 1. The highest BCUT2D eigenvalue weighted by molar-refractivity contribution is 6.77. The van der Waals surface area contributed by atoms with Gasteiger partial charge in [0, 0.05) is 19.3 Å². The van der Waals surface area contributed by atoms with Crippen LogP contribution < -0.4 is 4.74 Å². The van der Waals surface area contributed by atoms with E-state index in [4.69, 9.17) is 37.5 Å². The Labute approximate surface area is 301 Å². The van der Waals surface area contributed by atoms with Gasteiger partial charge >= 0.3 is 5.97 Å². The number of hydrogen-bond donors (Lipinski definition) is 0. The molecule has 2 saturated heterocycles. The van der Waals surface area contributed by atoms with Gasteiger partial charge in [0.15, 0.2) is 0 Å². The quantitative estimate of drug-likeness (QED) is 0.0957. The van der Waals surface area contributed by atoms with Crippen LogP contribution in [0.15, 0.2) is 47.1 Å². The lowest BCUT2D eigenvalue weighted by molar-refractivity contribution is -0.155. The Morgan fingerprint density at radius 1 is 0.940 bits per heavy atom. The van der Waals surface area contributed by atoms with Crippen molar-refractivity contribution in [3.05, 3.63) is 59.8 Å². The molecule has 4 rings (SSSR count). The minimum absolute atomic E-state index is 0.0310. The first-order valence-electron chi connectivity index (χ1n) is 18.6. The summed E-state index contributed by atoms with van der Waals surface area (Å²) in [5.41, 5.74) is 3.87. The normalized spacial score (nSPS) is 23.5. The predicted octanol–water partition coefficient (Wildman–Crippen LogP) is 9.65. The lowest BCUT2D eigenvalue weighted by atomic mass is 9.91. The van der Waals surface area contributed by atoms with Gasteiger partial charge in [0.1, 0.15) is 30.4 Å². The van der Waals surface area contributed by atoms with E-state index in [-0.39, 0.29) is 43.1 Å². The number of aromatic nitrogens is 1. The van der Waals surface area contributed by atoms with Crippen molar-refractivity contribution < 1.29 is 37.3 Å². The van der Waals surface area contributed by atoms with Crippen LogP contribution in [-0.4, -0.2) is 57.4 Å². The molecule has 0 unspecified atom stereocenters. The zero-order valence-electron chi connectivity index (χ0n) is 32.3. The number of hydrogen-bond acceptors (Lipinski definition) is 9. The molecule has 2 aromatic rings. The lowest BCUT2D eigenvalue weighted by Gasteiger charge is -2.47. The molecule has 50 heavy (non-hydrogen) atoms. The summed E-state index contributed by atoms with van der Waals surface area (Å²) >= 11 is 0. The van der Waals surface area contributed by atoms with E-state index in [0.717, 1.165) is 54.7 Å². The molecule has 10 heteroatoms. The summed E-state index contributed by atoms with van der Waals surface area (Å²) in [4.78, 5) is 17.1. The third-order valence-corrected chi connectivity index (χ3v) is 16.4. The van der Waals surface area contributed by atoms with Crippen molar-refractivity contribution in [2.24, 2.45) is 5.41 Å². The van der Waals surface area contributed by atoms with Gasteiger partial charge in [-0.2, -0.15) is 0 Å². The molecule has 0 N–H and O–H groups in total. The SMILES string of the molecule is C=C1C[C@H](C[C@@H]2C[C@@H](O[Si](C(C)C)(C(C)C)C(C)C)C[C@H](c3coc(COCc4ccc(OC)cc4)n3)O2)O[C@@H](CCOC(=O)C(C)(C)C)C1. The molecule has 5 atom stereocenters. The zero-order valence-corrected chi connectivity index (χ0v) is 33.3. The summed E-state index contributed by atoms with van der Waals surface area (Å²) in [6, 6.07) is 7.82. The van der Waals surface area contributed by atoms with E-state index in [9.17, 15) is 4.79 Å². The average Bonchev–Trinajstić information content (AvgIpc) is 3.51. The smallest absolute Gasteiger partial charge is 0.311 e. The summed E-state index contributed by atoms with van der Waals surface area (Å²) in [5, 5.41) is 0. The fourth-order valence-corrected chi connectivity index (χ4v) is 13.4. The van der Waals surface area contributed by atoms with Crippen molar-refractivity contribution in [1.29, 1.82) is 0 Å². The van der Waals surface area contributed by atoms with Crippen LogP contribution in [0, 0.1) is 5.41 Å². The topological polar surface area (TPSA) is 98.5 Å². The maximum absolute atomic E-state index is 12.3. The highest BCUT2D eigenvalue weighted by Crippen LogP contribution is 2.46. The molecule has 3 heterocycles. The van der Waals surface area contributed by atoms with E-state index < -0.39 is 13.7 Å². The molecule has 0 radical (unpaired) electrons. The molecule has 0 amide bonds. The standard InChI is InChI=1S/C40H63NO8Si/c1-26(2)50(27(3)4,28(5)6)49-35-21-34(20-33-19-29(7)18-32(47-33)16-17-45-39(42)40(8,9)10)48-37(22-35)36-24-46-38(41-36)25-44-23-30-12-14-31(43-11)15-13-30/h12-15,24,26-28,32-35,37H,7,16-23,25H2,1-6,8-11H3/t32-,33+,34+,35+,37+/m0/s1. The lowest BCUT2D eigenvalue weighted by Crippen LogP contribution is -2.52. The Morgan fingerprint density at radius 3 is 2.22 bits per heavy atom. The van der Waals surface area contributed by atoms with Crippen molar-refractivity contribution in [2.75, 3.05) is 13.7 Å². The Kier molecular flexibility index (Phi) is 14.4. The fraction of sp³-hybridized carbons (Fsp3) is 0.700. The third kappa shape index (κ3) is 10.8. The first-order chi connectivity index (χ1) is 23.6. The summed E-state index contributed by atoms with van der Waals surface area (Å²) < 4.78 is 43.4. The molecular weight excluding hydrogens is 651 g/mol. The van der Waals surface area contributed by atoms with Crippen LogP contribution in [0.3, 0.4) is 0 Å². The Hall–Kier alpha value is -2.50. The highest BCUT2D eigenvalue weighted by Gasteiger charge is 2.48. The van der Waals surface area contributed by atoms with Crippen molar-refractivity contribution in [3.8, 4) is 5.75 Å². The molecule has 1 aromatic heterocycles. The second kappa shape index (κ2) is 17.8. The zero-order chi connectivity index (χ0) is 36.6. The molecule has 0 saturated carbocycles. The first kappa shape index (κ1) is 40.3.